The Morgan fingerprint density at radius 2 is 2.25 bits per heavy atom. The highest BCUT2D eigenvalue weighted by Crippen LogP contribution is 2.09. The fraction of sp³-hybridized carbons (Fsp3) is 0.357. The van der Waals surface area contributed by atoms with Crippen molar-refractivity contribution in [3.05, 3.63) is 40.5 Å². The topological polar surface area (TPSA) is 66.9 Å². The van der Waals surface area contributed by atoms with Crippen LogP contribution >= 0.6 is 11.3 Å². The number of rotatable bonds is 6. The maximum atomic E-state index is 12.0. The molecular weight excluding hydrogens is 272 g/mol. The van der Waals surface area contributed by atoms with Crippen LogP contribution in [0.15, 0.2) is 29.2 Å². The number of anilines is 1. The van der Waals surface area contributed by atoms with Crippen LogP contribution in [0.3, 0.4) is 0 Å². The molecule has 20 heavy (non-hydrogen) atoms. The molecule has 0 aliphatic carbocycles. The molecule has 5 nitrogen and oxygen atoms in total. The van der Waals surface area contributed by atoms with Gasteiger partial charge in [-0.3, -0.25) is 4.79 Å². The van der Waals surface area contributed by atoms with E-state index >= 15 is 0 Å². The lowest BCUT2D eigenvalue weighted by Gasteiger charge is -2.12. The van der Waals surface area contributed by atoms with Gasteiger partial charge in [0.2, 0.25) is 0 Å². The summed E-state index contributed by atoms with van der Waals surface area (Å²) in [5.41, 5.74) is 1.57. The monoisotopic (exact) mass is 290 g/mol. The Kier molecular flexibility index (Phi) is 5.06. The molecule has 0 aromatic carbocycles. The van der Waals surface area contributed by atoms with Crippen molar-refractivity contribution in [3.8, 4) is 0 Å². The first-order chi connectivity index (χ1) is 9.69. The summed E-state index contributed by atoms with van der Waals surface area (Å²) in [5.74, 6) is 0.485. The van der Waals surface area contributed by atoms with Crippen LogP contribution in [0.25, 0.3) is 0 Å². The number of hydrogen-bond donors (Lipinski definition) is 2. The largest absolute Gasteiger partial charge is 0.369 e. The molecule has 0 saturated heterocycles. The second kappa shape index (κ2) is 7.00. The fourth-order valence-electron chi connectivity index (χ4n) is 1.83. The van der Waals surface area contributed by atoms with Crippen LogP contribution in [0.5, 0.6) is 0 Å². The van der Waals surface area contributed by atoms with E-state index in [1.165, 1.54) is 11.8 Å². The summed E-state index contributed by atoms with van der Waals surface area (Å²) >= 11 is 1.66. The summed E-state index contributed by atoms with van der Waals surface area (Å²) < 4.78 is 0. The van der Waals surface area contributed by atoms with E-state index in [-0.39, 0.29) is 11.9 Å². The molecule has 106 valence electrons. The van der Waals surface area contributed by atoms with Gasteiger partial charge in [0, 0.05) is 12.6 Å². The third-order valence-electron chi connectivity index (χ3n) is 2.74. The van der Waals surface area contributed by atoms with E-state index in [4.69, 9.17) is 0 Å². The molecule has 2 N–H and O–H groups in total. The standard InChI is InChI=1S/C14H18N4OS/c1-3-15-13-8-16-12(7-17-13)14(19)18-10(2)6-11-4-5-20-9-11/h4-5,7-10H,3,6H2,1-2H3,(H,15,17)(H,18,19). The first kappa shape index (κ1) is 14.5. The first-order valence-electron chi connectivity index (χ1n) is 6.57. The SMILES string of the molecule is CCNc1cnc(C(=O)NC(C)Cc2ccsc2)cn1. The quantitative estimate of drug-likeness (QED) is 0.857. The lowest BCUT2D eigenvalue weighted by atomic mass is 10.1. The van der Waals surface area contributed by atoms with Gasteiger partial charge < -0.3 is 10.6 Å². The lowest BCUT2D eigenvalue weighted by molar-refractivity contribution is 0.0934. The molecule has 1 amide bonds. The minimum Gasteiger partial charge on any atom is -0.369 e. The molecule has 0 saturated carbocycles. The number of thiophene rings is 1. The van der Waals surface area contributed by atoms with Gasteiger partial charge in [-0.15, -0.1) is 0 Å². The minimum absolute atomic E-state index is 0.0624. The molecule has 2 aromatic heterocycles. The van der Waals surface area contributed by atoms with Gasteiger partial charge in [-0.05, 0) is 42.7 Å². The molecule has 2 rings (SSSR count). The van der Waals surface area contributed by atoms with Gasteiger partial charge in [-0.25, -0.2) is 9.97 Å². The van der Waals surface area contributed by atoms with E-state index in [0.29, 0.717) is 11.5 Å². The number of amides is 1. The second-order valence-corrected chi connectivity index (χ2v) is 5.31. The molecule has 6 heteroatoms. The molecule has 0 bridgehead atoms. The van der Waals surface area contributed by atoms with E-state index < -0.39 is 0 Å². The van der Waals surface area contributed by atoms with Crippen LogP contribution in [0.2, 0.25) is 0 Å². The number of carbonyl (C=O) groups is 1. The zero-order valence-corrected chi connectivity index (χ0v) is 12.4. The summed E-state index contributed by atoms with van der Waals surface area (Å²) in [6, 6.07) is 2.13. The van der Waals surface area contributed by atoms with Crippen molar-refractivity contribution in [2.24, 2.45) is 0 Å². The van der Waals surface area contributed by atoms with E-state index in [9.17, 15) is 4.79 Å². The van der Waals surface area contributed by atoms with Crippen LogP contribution in [-0.4, -0.2) is 28.5 Å². The molecule has 0 aliphatic rings. The Balaban J connectivity index is 1.90. The minimum atomic E-state index is -0.191. The van der Waals surface area contributed by atoms with Gasteiger partial charge in [0.1, 0.15) is 11.5 Å². The highest BCUT2D eigenvalue weighted by atomic mass is 32.1. The number of nitrogens with zero attached hydrogens (tertiary/aromatic N) is 2. The summed E-state index contributed by atoms with van der Waals surface area (Å²) in [5, 5.41) is 10.1. The van der Waals surface area contributed by atoms with Crippen LogP contribution in [0.1, 0.15) is 29.9 Å². The number of hydrogen-bond acceptors (Lipinski definition) is 5. The van der Waals surface area contributed by atoms with Gasteiger partial charge in [0.25, 0.3) is 5.91 Å². The Bertz CT molecular complexity index is 539. The molecule has 0 radical (unpaired) electrons. The molecule has 1 unspecified atom stereocenters. The van der Waals surface area contributed by atoms with Crippen molar-refractivity contribution >= 4 is 23.1 Å². The Hall–Kier alpha value is -1.95. The van der Waals surface area contributed by atoms with Gasteiger partial charge in [0.05, 0.1) is 12.4 Å². The molecule has 2 heterocycles. The van der Waals surface area contributed by atoms with Crippen molar-refractivity contribution in [1.29, 1.82) is 0 Å². The average Bonchev–Trinajstić information content (AvgIpc) is 2.92. The summed E-state index contributed by atoms with van der Waals surface area (Å²) in [6.45, 7) is 4.74. The van der Waals surface area contributed by atoms with E-state index in [0.717, 1.165) is 13.0 Å². The van der Waals surface area contributed by atoms with E-state index in [2.05, 4.69) is 32.0 Å². The zero-order valence-electron chi connectivity index (χ0n) is 11.6. The smallest absolute Gasteiger partial charge is 0.271 e. The third kappa shape index (κ3) is 4.03. The molecule has 0 aliphatic heterocycles. The Morgan fingerprint density at radius 1 is 1.40 bits per heavy atom. The third-order valence-corrected chi connectivity index (χ3v) is 3.47. The van der Waals surface area contributed by atoms with Crippen molar-refractivity contribution in [2.45, 2.75) is 26.3 Å². The molecule has 2 aromatic rings. The highest BCUT2D eigenvalue weighted by molar-refractivity contribution is 7.07. The van der Waals surface area contributed by atoms with Crippen LogP contribution in [0, 0.1) is 0 Å². The van der Waals surface area contributed by atoms with Crippen molar-refractivity contribution in [2.75, 3.05) is 11.9 Å². The number of nitrogens with one attached hydrogen (secondary N) is 2. The molecule has 0 fully saturated rings. The van der Waals surface area contributed by atoms with Gasteiger partial charge in [0.15, 0.2) is 0 Å². The molecular formula is C14H18N4OS. The Morgan fingerprint density at radius 3 is 2.85 bits per heavy atom. The maximum Gasteiger partial charge on any atom is 0.271 e. The summed E-state index contributed by atoms with van der Waals surface area (Å²) in [4.78, 5) is 20.3. The van der Waals surface area contributed by atoms with Gasteiger partial charge in [-0.1, -0.05) is 0 Å². The highest BCUT2D eigenvalue weighted by Gasteiger charge is 2.12. The summed E-state index contributed by atoms with van der Waals surface area (Å²) in [6.07, 6.45) is 3.88. The fourth-order valence-corrected chi connectivity index (χ4v) is 2.51. The number of carbonyl (C=O) groups excluding carboxylic acids is 1. The van der Waals surface area contributed by atoms with Crippen molar-refractivity contribution < 1.29 is 4.79 Å². The lowest BCUT2D eigenvalue weighted by Crippen LogP contribution is -2.34. The van der Waals surface area contributed by atoms with Crippen molar-refractivity contribution in [1.82, 2.24) is 15.3 Å². The maximum absolute atomic E-state index is 12.0. The molecule has 0 spiro atoms. The van der Waals surface area contributed by atoms with Crippen LogP contribution < -0.4 is 10.6 Å². The second-order valence-electron chi connectivity index (χ2n) is 4.53. The van der Waals surface area contributed by atoms with Crippen molar-refractivity contribution in [3.63, 3.8) is 0 Å². The first-order valence-corrected chi connectivity index (χ1v) is 7.51. The normalized spacial score (nSPS) is 11.9. The van der Waals surface area contributed by atoms with Crippen LogP contribution in [-0.2, 0) is 6.42 Å². The predicted octanol–water partition coefficient (Wildman–Crippen LogP) is 2.33. The van der Waals surface area contributed by atoms with E-state index in [1.807, 2.05) is 19.2 Å². The van der Waals surface area contributed by atoms with Crippen LogP contribution in [0.4, 0.5) is 5.82 Å². The number of aromatic nitrogens is 2. The zero-order chi connectivity index (χ0) is 14.4. The van der Waals surface area contributed by atoms with E-state index in [1.54, 1.807) is 17.5 Å². The predicted molar refractivity (Wildman–Crippen MR) is 81.1 cm³/mol. The Labute approximate surface area is 122 Å². The summed E-state index contributed by atoms with van der Waals surface area (Å²) in [7, 11) is 0. The molecule has 1 atom stereocenters. The van der Waals surface area contributed by atoms with Gasteiger partial charge >= 0.3 is 0 Å². The average molecular weight is 290 g/mol. The van der Waals surface area contributed by atoms with Gasteiger partial charge in [-0.2, -0.15) is 11.3 Å².